The third-order valence-corrected chi connectivity index (χ3v) is 5.65. The predicted molar refractivity (Wildman–Crippen MR) is 123 cm³/mol. The fourth-order valence-corrected chi connectivity index (χ4v) is 3.77. The van der Waals surface area contributed by atoms with Gasteiger partial charge in [0.25, 0.3) is 5.91 Å². The van der Waals surface area contributed by atoms with Gasteiger partial charge in [0.1, 0.15) is 5.75 Å². The largest absolute Gasteiger partial charge is 0.497 e. The predicted octanol–water partition coefficient (Wildman–Crippen LogP) is 4.02. The Morgan fingerprint density at radius 1 is 0.969 bits per heavy atom. The van der Waals surface area contributed by atoms with Crippen molar-refractivity contribution in [2.45, 2.75) is 12.1 Å². The van der Waals surface area contributed by atoms with Crippen molar-refractivity contribution in [3.05, 3.63) is 99.5 Å². The van der Waals surface area contributed by atoms with Crippen LogP contribution in [0.1, 0.15) is 27.5 Å². The number of amides is 2. The molecule has 32 heavy (non-hydrogen) atoms. The third-order valence-electron chi connectivity index (χ3n) is 5.15. The van der Waals surface area contributed by atoms with Crippen molar-refractivity contribution in [3.63, 3.8) is 0 Å². The molecule has 8 heteroatoms. The van der Waals surface area contributed by atoms with Gasteiger partial charge in [-0.15, -0.1) is 10.1 Å². The van der Waals surface area contributed by atoms with Crippen LogP contribution in [0.25, 0.3) is 0 Å². The number of rotatable bonds is 5. The molecule has 2 N–H and O–H groups in total. The first-order valence-corrected chi connectivity index (χ1v) is 10.6. The topological polar surface area (TPSA) is 70.4 Å². The summed E-state index contributed by atoms with van der Waals surface area (Å²) in [7, 11) is 1.60. The van der Waals surface area contributed by atoms with Gasteiger partial charge < -0.3 is 10.1 Å². The third kappa shape index (κ3) is 4.77. The van der Waals surface area contributed by atoms with E-state index in [1.54, 1.807) is 48.2 Å². The second kappa shape index (κ2) is 9.42. The van der Waals surface area contributed by atoms with Crippen LogP contribution in [0.5, 0.6) is 5.75 Å². The Bertz CT molecular complexity index is 1160. The zero-order valence-corrected chi connectivity index (χ0v) is 18.6. The molecule has 3 aromatic rings. The van der Waals surface area contributed by atoms with Crippen molar-refractivity contribution in [1.82, 2.24) is 10.7 Å². The van der Waals surface area contributed by atoms with Crippen molar-refractivity contribution in [2.24, 2.45) is 0 Å². The highest BCUT2D eigenvalue weighted by atomic mass is 35.5. The molecule has 0 aliphatic carbocycles. The molecule has 1 heterocycles. The van der Waals surface area contributed by atoms with Gasteiger partial charge in [-0.3, -0.25) is 9.59 Å². The Balaban J connectivity index is 1.68. The van der Waals surface area contributed by atoms with Crippen LogP contribution in [0.2, 0.25) is 10.0 Å². The van der Waals surface area contributed by atoms with Gasteiger partial charge in [0.15, 0.2) is 6.04 Å². The lowest BCUT2D eigenvalue weighted by Gasteiger charge is -2.15. The summed E-state index contributed by atoms with van der Waals surface area (Å²) in [6.07, 6.45) is 1.81. The molecule has 4 rings (SSSR count). The monoisotopic (exact) mass is 468 g/mol. The van der Waals surface area contributed by atoms with E-state index in [4.69, 9.17) is 27.9 Å². The molecule has 162 valence electrons. The van der Waals surface area contributed by atoms with Crippen LogP contribution in [-0.2, 0) is 4.79 Å². The average Bonchev–Trinajstić information content (AvgIpc) is 3.09. The van der Waals surface area contributed by atoms with Crippen molar-refractivity contribution >= 4 is 41.2 Å². The van der Waals surface area contributed by atoms with E-state index < -0.39 is 12.1 Å². The normalized spacial score (nSPS) is 19.0. The Morgan fingerprint density at radius 2 is 1.56 bits per heavy atom. The first kappa shape index (κ1) is 21.9. The molecule has 0 unspecified atom stereocenters. The van der Waals surface area contributed by atoms with Crippen molar-refractivity contribution in [3.8, 4) is 5.75 Å². The highest BCUT2D eigenvalue weighted by molar-refractivity contribution is 6.30. The fourth-order valence-electron chi connectivity index (χ4n) is 3.52. The zero-order chi connectivity index (χ0) is 22.7. The van der Waals surface area contributed by atoms with Crippen molar-refractivity contribution in [1.29, 1.82) is 0 Å². The Morgan fingerprint density at radius 3 is 2.16 bits per heavy atom. The van der Waals surface area contributed by atoms with E-state index in [2.05, 4.69) is 10.7 Å². The lowest BCUT2D eigenvalue weighted by Crippen LogP contribution is -2.42. The second-order valence-corrected chi connectivity index (χ2v) is 8.11. The van der Waals surface area contributed by atoms with E-state index in [1.807, 2.05) is 42.6 Å². The van der Waals surface area contributed by atoms with Crippen LogP contribution in [-0.4, -0.2) is 35.9 Å². The molecule has 0 saturated carbocycles. The number of ether oxygens (including phenoxy) is 1. The molecular formula is C24H20Cl2N3O3+. The van der Waals surface area contributed by atoms with Crippen LogP contribution in [0, 0.1) is 0 Å². The minimum atomic E-state index is -0.825. The van der Waals surface area contributed by atoms with Crippen LogP contribution in [0.15, 0.2) is 72.8 Å². The number of nitrogens with one attached hydrogen (secondary N) is 2. The summed E-state index contributed by atoms with van der Waals surface area (Å²) < 4.78 is 6.90. The molecule has 1 fully saturated rings. The Hall–Kier alpha value is -3.35. The van der Waals surface area contributed by atoms with Crippen LogP contribution in [0.4, 0.5) is 0 Å². The summed E-state index contributed by atoms with van der Waals surface area (Å²) >= 11 is 12.0. The zero-order valence-electron chi connectivity index (χ0n) is 17.1. The van der Waals surface area contributed by atoms with E-state index in [-0.39, 0.29) is 11.8 Å². The SMILES string of the molecule is COc1ccc(/C=[N+]2\NC(=O)[C@H](NC(=O)c3ccc(Cl)cc3)[C@@H]2c2ccc(Cl)cc2)cc1. The summed E-state index contributed by atoms with van der Waals surface area (Å²) in [4.78, 5) is 25.7. The van der Waals surface area contributed by atoms with Gasteiger partial charge >= 0.3 is 5.91 Å². The molecule has 0 bridgehead atoms. The van der Waals surface area contributed by atoms with Gasteiger partial charge in [-0.05, 0) is 60.7 Å². The summed E-state index contributed by atoms with van der Waals surface area (Å²) in [6.45, 7) is 0. The second-order valence-electron chi connectivity index (χ2n) is 7.24. The van der Waals surface area contributed by atoms with Gasteiger partial charge in [-0.2, -0.15) is 0 Å². The maximum atomic E-state index is 12.9. The van der Waals surface area contributed by atoms with E-state index in [0.717, 1.165) is 16.9 Å². The molecule has 1 saturated heterocycles. The van der Waals surface area contributed by atoms with E-state index >= 15 is 0 Å². The van der Waals surface area contributed by atoms with Gasteiger partial charge in [0, 0.05) is 26.7 Å². The molecule has 3 aromatic carbocycles. The fraction of sp³-hybridized carbons (Fsp3) is 0.125. The highest BCUT2D eigenvalue weighted by Gasteiger charge is 2.47. The van der Waals surface area contributed by atoms with Crippen LogP contribution < -0.4 is 15.5 Å². The molecule has 1 aliphatic rings. The Labute approximate surface area is 195 Å². The molecule has 2 atom stereocenters. The maximum Gasteiger partial charge on any atom is 0.304 e. The lowest BCUT2D eigenvalue weighted by molar-refractivity contribution is -0.596. The number of hydrogen-bond acceptors (Lipinski definition) is 3. The number of hydrazine groups is 1. The average molecular weight is 469 g/mol. The molecule has 2 amide bonds. The Kier molecular flexibility index (Phi) is 6.44. The summed E-state index contributed by atoms with van der Waals surface area (Å²) in [5, 5.41) is 3.96. The molecule has 0 spiro atoms. The van der Waals surface area contributed by atoms with Crippen molar-refractivity contribution < 1.29 is 19.0 Å². The minimum absolute atomic E-state index is 0.322. The highest BCUT2D eigenvalue weighted by Crippen LogP contribution is 2.27. The summed E-state index contributed by atoms with van der Waals surface area (Å²) in [5.74, 6) is 0.0408. The summed E-state index contributed by atoms with van der Waals surface area (Å²) in [5.41, 5.74) is 4.94. The number of nitrogens with zero attached hydrogens (tertiary/aromatic N) is 1. The van der Waals surface area contributed by atoms with E-state index in [1.165, 1.54) is 0 Å². The molecule has 1 aliphatic heterocycles. The van der Waals surface area contributed by atoms with Crippen molar-refractivity contribution in [2.75, 3.05) is 7.11 Å². The number of benzene rings is 3. The number of hydrazone groups is 1. The van der Waals surface area contributed by atoms with Gasteiger partial charge in [-0.1, -0.05) is 35.3 Å². The number of carbonyl (C=O) groups excluding carboxylic acids is 2. The van der Waals surface area contributed by atoms with Crippen LogP contribution in [0.3, 0.4) is 0 Å². The number of hydrogen-bond donors (Lipinski definition) is 2. The minimum Gasteiger partial charge on any atom is -0.497 e. The van der Waals surface area contributed by atoms with Gasteiger partial charge in [0.05, 0.1) is 7.11 Å². The van der Waals surface area contributed by atoms with E-state index in [9.17, 15) is 9.59 Å². The number of halogens is 2. The standard InChI is InChI=1S/C24H19Cl2N3O3/c1-32-20-12-2-15(3-13-20)14-29-22(16-4-8-18(25)9-5-16)21(24(31)28-29)27-23(30)17-6-10-19(26)11-7-17/h2-14,21-22H,1H3,(H-,27,28,30,31)/p+1/b29-14-/t21-,22+/m1/s1. The van der Waals surface area contributed by atoms with Crippen LogP contribution >= 0.6 is 23.2 Å². The lowest BCUT2D eigenvalue weighted by atomic mass is 10.00. The quantitative estimate of drug-likeness (QED) is 0.555. The smallest absolute Gasteiger partial charge is 0.304 e. The number of methoxy groups -OCH3 is 1. The maximum absolute atomic E-state index is 12.9. The molecule has 0 radical (unpaired) electrons. The first-order valence-electron chi connectivity index (χ1n) is 9.84. The summed E-state index contributed by atoms with van der Waals surface area (Å²) in [6, 6.07) is 19.8. The van der Waals surface area contributed by atoms with E-state index in [0.29, 0.717) is 15.6 Å². The van der Waals surface area contributed by atoms with Gasteiger partial charge in [0.2, 0.25) is 12.3 Å². The molecule has 6 nitrogen and oxygen atoms in total. The number of carbonyl (C=O) groups is 2. The molecule has 0 aromatic heterocycles. The van der Waals surface area contributed by atoms with Gasteiger partial charge in [-0.25, -0.2) is 0 Å². The first-order chi connectivity index (χ1) is 15.4. The molecular weight excluding hydrogens is 449 g/mol.